The van der Waals surface area contributed by atoms with Crippen LogP contribution in [0.4, 0.5) is 11.5 Å². The molecule has 0 bridgehead atoms. The van der Waals surface area contributed by atoms with Crippen LogP contribution in [-0.4, -0.2) is 59.9 Å². The lowest BCUT2D eigenvalue weighted by molar-refractivity contribution is -0.123. The lowest BCUT2D eigenvalue weighted by Crippen LogP contribution is -2.52. The fraction of sp³-hybridized carbons (Fsp3) is 0.455. The summed E-state index contributed by atoms with van der Waals surface area (Å²) in [6.45, 7) is 2.94. The normalized spacial score (nSPS) is 23.8. The molecule has 1 aromatic carbocycles. The van der Waals surface area contributed by atoms with E-state index in [2.05, 4.69) is 20.9 Å². The highest BCUT2D eigenvalue weighted by molar-refractivity contribution is 6.08. The zero-order valence-electron chi connectivity index (χ0n) is 16.7. The van der Waals surface area contributed by atoms with Crippen molar-refractivity contribution in [3.05, 3.63) is 47.9 Å². The number of nitrogens with zero attached hydrogens (tertiary/aromatic N) is 5. The molecule has 4 heterocycles. The van der Waals surface area contributed by atoms with Crippen LogP contribution < -0.4 is 9.80 Å². The molecule has 0 N–H and O–H groups in total. The van der Waals surface area contributed by atoms with E-state index in [0.29, 0.717) is 18.1 Å². The molecule has 1 spiro atoms. The number of hydrogen-bond acceptors (Lipinski definition) is 5. The molecule has 2 amide bonds. The summed E-state index contributed by atoms with van der Waals surface area (Å²) in [5, 5.41) is 0. The van der Waals surface area contributed by atoms with Gasteiger partial charge in [0.15, 0.2) is 0 Å². The SMILES string of the molecule is CN1C(=O)C2(CCCN(c3cncc(C(=O)N4CCCC4)n3)C2)c2ccccc21. The monoisotopic (exact) mass is 391 g/mol. The second kappa shape index (κ2) is 6.83. The number of carbonyl (C=O) groups excluding carboxylic acids is 2. The van der Waals surface area contributed by atoms with Gasteiger partial charge >= 0.3 is 0 Å². The number of rotatable bonds is 2. The molecule has 2 fully saturated rings. The predicted octanol–water partition coefficient (Wildman–Crippen LogP) is 2.23. The third kappa shape index (κ3) is 2.79. The van der Waals surface area contributed by atoms with Crippen LogP contribution in [0, 0.1) is 0 Å². The summed E-state index contributed by atoms with van der Waals surface area (Å²) in [4.78, 5) is 40.7. The number of fused-ring (bicyclic) bond motifs is 2. The van der Waals surface area contributed by atoms with Crippen molar-refractivity contribution >= 4 is 23.3 Å². The highest BCUT2D eigenvalue weighted by Crippen LogP contribution is 2.46. The van der Waals surface area contributed by atoms with Gasteiger partial charge < -0.3 is 14.7 Å². The van der Waals surface area contributed by atoms with Crippen molar-refractivity contribution in [2.24, 2.45) is 0 Å². The number of hydrogen-bond donors (Lipinski definition) is 0. The Morgan fingerprint density at radius 3 is 2.69 bits per heavy atom. The van der Waals surface area contributed by atoms with Gasteiger partial charge in [-0.25, -0.2) is 4.98 Å². The van der Waals surface area contributed by atoms with E-state index in [1.807, 2.05) is 30.1 Å². The molecule has 7 nitrogen and oxygen atoms in total. The van der Waals surface area contributed by atoms with Gasteiger partial charge in [0.05, 0.1) is 17.8 Å². The smallest absolute Gasteiger partial charge is 0.274 e. The molecule has 7 heteroatoms. The van der Waals surface area contributed by atoms with Crippen LogP contribution in [-0.2, 0) is 10.2 Å². The summed E-state index contributed by atoms with van der Waals surface area (Å²) in [6, 6.07) is 8.05. The first-order chi connectivity index (χ1) is 14.1. The van der Waals surface area contributed by atoms with Gasteiger partial charge in [-0.05, 0) is 37.3 Å². The van der Waals surface area contributed by atoms with Gasteiger partial charge in [-0.2, -0.15) is 0 Å². The summed E-state index contributed by atoms with van der Waals surface area (Å²) in [5.74, 6) is 0.764. The van der Waals surface area contributed by atoms with Gasteiger partial charge in [0.25, 0.3) is 5.91 Å². The molecule has 150 valence electrons. The van der Waals surface area contributed by atoms with Crippen LogP contribution >= 0.6 is 0 Å². The molecule has 1 atom stereocenters. The van der Waals surface area contributed by atoms with Gasteiger partial charge in [0, 0.05) is 38.9 Å². The van der Waals surface area contributed by atoms with Crippen LogP contribution in [0.1, 0.15) is 41.7 Å². The predicted molar refractivity (Wildman–Crippen MR) is 110 cm³/mol. The lowest BCUT2D eigenvalue weighted by Gasteiger charge is -2.40. The van der Waals surface area contributed by atoms with Crippen LogP contribution in [0.15, 0.2) is 36.7 Å². The van der Waals surface area contributed by atoms with Crippen molar-refractivity contribution in [3.8, 4) is 0 Å². The van der Waals surface area contributed by atoms with Crippen molar-refractivity contribution in [1.29, 1.82) is 0 Å². The highest BCUT2D eigenvalue weighted by Gasteiger charge is 2.51. The fourth-order valence-corrected chi connectivity index (χ4v) is 5.06. The van der Waals surface area contributed by atoms with Gasteiger partial charge in [0.1, 0.15) is 11.5 Å². The highest BCUT2D eigenvalue weighted by atomic mass is 16.2. The van der Waals surface area contributed by atoms with Crippen LogP contribution in [0.25, 0.3) is 0 Å². The van der Waals surface area contributed by atoms with E-state index in [4.69, 9.17) is 0 Å². The van der Waals surface area contributed by atoms with Crippen molar-refractivity contribution < 1.29 is 9.59 Å². The molecular formula is C22H25N5O2. The Kier molecular flexibility index (Phi) is 4.26. The molecule has 1 aromatic heterocycles. The number of piperidine rings is 1. The Hall–Kier alpha value is -2.96. The van der Waals surface area contributed by atoms with Crippen molar-refractivity contribution in [1.82, 2.24) is 14.9 Å². The Labute approximate surface area is 170 Å². The Bertz CT molecular complexity index is 971. The lowest BCUT2D eigenvalue weighted by atomic mass is 9.75. The molecule has 1 unspecified atom stereocenters. The zero-order valence-corrected chi connectivity index (χ0v) is 16.7. The number of likely N-dealkylation sites (tertiary alicyclic amines) is 1. The van der Waals surface area contributed by atoms with Crippen LogP contribution in [0.5, 0.6) is 0 Å². The largest absolute Gasteiger partial charge is 0.354 e. The summed E-state index contributed by atoms with van der Waals surface area (Å²) in [5.41, 5.74) is 1.91. The minimum atomic E-state index is -0.555. The Morgan fingerprint density at radius 1 is 1.07 bits per heavy atom. The fourth-order valence-electron chi connectivity index (χ4n) is 5.06. The van der Waals surface area contributed by atoms with Crippen molar-refractivity contribution in [2.75, 3.05) is 43.0 Å². The second-order valence-corrected chi connectivity index (χ2v) is 8.25. The van der Waals surface area contributed by atoms with E-state index >= 15 is 0 Å². The standard InChI is InChI=1S/C22H25N5O2/c1-25-18-8-3-2-7-16(18)22(21(25)29)9-6-12-27(15-22)19-14-23-13-17(24-19)20(28)26-10-4-5-11-26/h2-3,7-8,13-14H,4-6,9-12,15H2,1H3. The average Bonchev–Trinajstić information content (AvgIpc) is 3.38. The number of likely N-dealkylation sites (N-methyl/N-ethyl adjacent to an activating group) is 1. The van der Waals surface area contributed by atoms with Gasteiger partial charge in [0.2, 0.25) is 5.91 Å². The summed E-state index contributed by atoms with van der Waals surface area (Å²) < 4.78 is 0. The first kappa shape index (κ1) is 18.1. The van der Waals surface area contributed by atoms with Gasteiger partial charge in [-0.15, -0.1) is 0 Å². The summed E-state index contributed by atoms with van der Waals surface area (Å²) >= 11 is 0. The zero-order chi connectivity index (χ0) is 20.0. The molecule has 3 aliphatic heterocycles. The third-order valence-electron chi connectivity index (χ3n) is 6.55. The number of carbonyl (C=O) groups is 2. The summed E-state index contributed by atoms with van der Waals surface area (Å²) in [7, 11) is 1.85. The van der Waals surface area contributed by atoms with E-state index in [1.165, 1.54) is 0 Å². The van der Waals surface area contributed by atoms with E-state index in [-0.39, 0.29) is 11.8 Å². The molecule has 2 aromatic rings. The van der Waals surface area contributed by atoms with Gasteiger partial charge in [-0.3, -0.25) is 14.6 Å². The molecule has 29 heavy (non-hydrogen) atoms. The minimum absolute atomic E-state index is 0.0504. The van der Waals surface area contributed by atoms with E-state index in [9.17, 15) is 9.59 Å². The minimum Gasteiger partial charge on any atom is -0.354 e. The Balaban J connectivity index is 1.46. The van der Waals surface area contributed by atoms with E-state index in [0.717, 1.165) is 56.6 Å². The molecule has 0 radical (unpaired) electrons. The number of benzene rings is 1. The van der Waals surface area contributed by atoms with E-state index in [1.54, 1.807) is 17.3 Å². The topological polar surface area (TPSA) is 69.6 Å². The first-order valence-corrected chi connectivity index (χ1v) is 10.3. The second-order valence-electron chi connectivity index (χ2n) is 8.25. The number of aromatic nitrogens is 2. The molecule has 3 aliphatic rings. The Morgan fingerprint density at radius 2 is 1.86 bits per heavy atom. The third-order valence-corrected chi connectivity index (χ3v) is 6.55. The van der Waals surface area contributed by atoms with Gasteiger partial charge in [-0.1, -0.05) is 18.2 Å². The first-order valence-electron chi connectivity index (χ1n) is 10.3. The number of para-hydroxylation sites is 1. The maximum Gasteiger partial charge on any atom is 0.274 e. The van der Waals surface area contributed by atoms with Crippen LogP contribution in [0.2, 0.25) is 0 Å². The molecule has 0 saturated carbocycles. The average molecular weight is 391 g/mol. The quantitative estimate of drug-likeness (QED) is 0.785. The number of anilines is 2. The maximum absolute atomic E-state index is 13.3. The molecule has 0 aliphatic carbocycles. The molecular weight excluding hydrogens is 366 g/mol. The summed E-state index contributed by atoms with van der Waals surface area (Å²) in [6.07, 6.45) is 7.05. The molecule has 2 saturated heterocycles. The van der Waals surface area contributed by atoms with Crippen LogP contribution in [0.3, 0.4) is 0 Å². The van der Waals surface area contributed by atoms with Crippen molar-refractivity contribution in [2.45, 2.75) is 31.1 Å². The molecule has 5 rings (SSSR count). The maximum atomic E-state index is 13.3. The van der Waals surface area contributed by atoms with Crippen molar-refractivity contribution in [3.63, 3.8) is 0 Å². The van der Waals surface area contributed by atoms with E-state index < -0.39 is 5.41 Å². The number of amides is 2.